The van der Waals surface area contributed by atoms with Crippen LogP contribution in [0.2, 0.25) is 10.0 Å². The Bertz CT molecular complexity index is 1090. The SMILES string of the molecule is CCS(=O)(=O)CCNC(=O)Cc1ccc(NS(=O)(=O)c2ccc(Cl)c(Cl)c2)cc1. The Kier molecular flexibility index (Phi) is 7.93. The fourth-order valence-electron chi connectivity index (χ4n) is 2.29. The highest BCUT2D eigenvalue weighted by molar-refractivity contribution is 7.92. The number of halogens is 2. The summed E-state index contributed by atoms with van der Waals surface area (Å²) < 4.78 is 50.1. The van der Waals surface area contributed by atoms with Gasteiger partial charge in [0.1, 0.15) is 0 Å². The molecular formula is C18H20Cl2N2O5S2. The number of hydrogen-bond donors (Lipinski definition) is 2. The maximum absolute atomic E-state index is 12.4. The van der Waals surface area contributed by atoms with Gasteiger partial charge in [0.2, 0.25) is 5.91 Å². The van der Waals surface area contributed by atoms with E-state index >= 15 is 0 Å². The van der Waals surface area contributed by atoms with Gasteiger partial charge in [0.25, 0.3) is 10.0 Å². The summed E-state index contributed by atoms with van der Waals surface area (Å²) in [6, 6.07) is 10.3. The van der Waals surface area contributed by atoms with Crippen molar-refractivity contribution in [1.82, 2.24) is 5.32 Å². The molecule has 2 aromatic rings. The first-order valence-electron chi connectivity index (χ1n) is 8.56. The van der Waals surface area contributed by atoms with Gasteiger partial charge in [0.05, 0.1) is 27.1 Å². The molecule has 2 aromatic carbocycles. The molecule has 0 unspecified atom stereocenters. The van der Waals surface area contributed by atoms with E-state index in [-0.39, 0.29) is 45.3 Å². The molecule has 0 saturated heterocycles. The second-order valence-electron chi connectivity index (χ2n) is 6.14. The fourth-order valence-corrected chi connectivity index (χ4v) is 4.44. The van der Waals surface area contributed by atoms with Crippen LogP contribution in [0.1, 0.15) is 12.5 Å². The first-order chi connectivity index (χ1) is 13.5. The Morgan fingerprint density at radius 3 is 2.21 bits per heavy atom. The molecule has 0 fully saturated rings. The predicted octanol–water partition coefficient (Wildman–Crippen LogP) is 2.89. The van der Waals surface area contributed by atoms with Gasteiger partial charge in [-0.15, -0.1) is 0 Å². The van der Waals surface area contributed by atoms with E-state index < -0.39 is 19.9 Å². The first kappa shape index (κ1) is 23.5. The maximum Gasteiger partial charge on any atom is 0.261 e. The smallest absolute Gasteiger partial charge is 0.261 e. The van der Waals surface area contributed by atoms with Gasteiger partial charge in [-0.05, 0) is 35.9 Å². The normalized spacial score (nSPS) is 11.8. The highest BCUT2D eigenvalue weighted by Crippen LogP contribution is 2.26. The summed E-state index contributed by atoms with van der Waals surface area (Å²) in [6.07, 6.45) is 0.0476. The zero-order chi connectivity index (χ0) is 21.7. The molecular weight excluding hydrogens is 459 g/mol. The van der Waals surface area contributed by atoms with E-state index in [1.807, 2.05) is 0 Å². The van der Waals surface area contributed by atoms with Crippen molar-refractivity contribution in [2.75, 3.05) is 22.8 Å². The van der Waals surface area contributed by atoms with Gasteiger partial charge in [-0.2, -0.15) is 0 Å². The first-order valence-corrected chi connectivity index (χ1v) is 12.6. The number of nitrogens with one attached hydrogen (secondary N) is 2. The quantitative estimate of drug-likeness (QED) is 0.575. The molecule has 7 nitrogen and oxygen atoms in total. The van der Waals surface area contributed by atoms with Crippen molar-refractivity contribution in [2.24, 2.45) is 0 Å². The molecule has 0 aliphatic rings. The summed E-state index contributed by atoms with van der Waals surface area (Å²) in [5.74, 6) is -0.395. The zero-order valence-corrected chi connectivity index (χ0v) is 18.6. The number of carbonyl (C=O) groups excluding carboxylic acids is 1. The number of benzene rings is 2. The van der Waals surface area contributed by atoms with Gasteiger partial charge < -0.3 is 5.32 Å². The van der Waals surface area contributed by atoms with Crippen LogP contribution in [-0.2, 0) is 31.1 Å². The lowest BCUT2D eigenvalue weighted by Gasteiger charge is -2.10. The summed E-state index contributed by atoms with van der Waals surface area (Å²) in [4.78, 5) is 11.9. The number of carbonyl (C=O) groups is 1. The van der Waals surface area contributed by atoms with Crippen LogP contribution in [0.5, 0.6) is 0 Å². The summed E-state index contributed by atoms with van der Waals surface area (Å²) >= 11 is 11.7. The molecule has 0 aromatic heterocycles. The molecule has 2 N–H and O–H groups in total. The number of amides is 1. The van der Waals surface area contributed by atoms with E-state index in [0.717, 1.165) is 0 Å². The molecule has 29 heavy (non-hydrogen) atoms. The molecule has 0 spiro atoms. The van der Waals surface area contributed by atoms with E-state index in [2.05, 4.69) is 10.0 Å². The topological polar surface area (TPSA) is 109 Å². The second-order valence-corrected chi connectivity index (χ2v) is 11.1. The van der Waals surface area contributed by atoms with E-state index in [0.29, 0.717) is 11.3 Å². The third-order valence-corrected chi connectivity index (χ3v) is 7.77. The van der Waals surface area contributed by atoms with Crippen LogP contribution in [0.4, 0.5) is 5.69 Å². The highest BCUT2D eigenvalue weighted by Gasteiger charge is 2.16. The Labute approximate surface area is 180 Å². The Balaban J connectivity index is 1.96. The van der Waals surface area contributed by atoms with Crippen molar-refractivity contribution < 1.29 is 21.6 Å². The van der Waals surface area contributed by atoms with Crippen molar-refractivity contribution in [3.05, 3.63) is 58.1 Å². The van der Waals surface area contributed by atoms with E-state index in [4.69, 9.17) is 23.2 Å². The molecule has 0 aliphatic heterocycles. The van der Waals surface area contributed by atoms with Crippen LogP contribution < -0.4 is 10.0 Å². The standard InChI is InChI=1S/C18H20Cl2N2O5S2/c1-2-28(24,25)10-9-21-18(23)11-13-3-5-14(6-4-13)22-29(26,27)15-7-8-16(19)17(20)12-15/h3-8,12,22H,2,9-11H2,1H3,(H,21,23). The third kappa shape index (κ3) is 7.18. The molecule has 0 bridgehead atoms. The molecule has 0 aliphatic carbocycles. The van der Waals surface area contributed by atoms with Gasteiger partial charge in [-0.1, -0.05) is 42.3 Å². The average molecular weight is 479 g/mol. The van der Waals surface area contributed by atoms with Crippen molar-refractivity contribution in [3.63, 3.8) is 0 Å². The van der Waals surface area contributed by atoms with Crippen LogP contribution in [0.25, 0.3) is 0 Å². The molecule has 158 valence electrons. The summed E-state index contributed by atoms with van der Waals surface area (Å²) in [5, 5.41) is 2.93. The average Bonchev–Trinajstić information content (AvgIpc) is 2.65. The lowest BCUT2D eigenvalue weighted by atomic mass is 10.1. The minimum absolute atomic E-state index is 0.0302. The molecule has 0 saturated carbocycles. The van der Waals surface area contributed by atoms with Gasteiger partial charge >= 0.3 is 0 Å². The second kappa shape index (κ2) is 9.80. The monoisotopic (exact) mass is 478 g/mol. The van der Waals surface area contributed by atoms with Crippen molar-refractivity contribution in [2.45, 2.75) is 18.2 Å². The van der Waals surface area contributed by atoms with Crippen LogP contribution in [-0.4, -0.2) is 40.8 Å². The Morgan fingerprint density at radius 2 is 1.62 bits per heavy atom. The number of hydrogen-bond acceptors (Lipinski definition) is 5. The lowest BCUT2D eigenvalue weighted by Crippen LogP contribution is -2.30. The Hall–Kier alpha value is -1.81. The largest absolute Gasteiger partial charge is 0.355 e. The van der Waals surface area contributed by atoms with Crippen molar-refractivity contribution in [3.8, 4) is 0 Å². The number of sulfone groups is 1. The molecule has 0 radical (unpaired) electrons. The van der Waals surface area contributed by atoms with Crippen molar-refractivity contribution >= 4 is 54.7 Å². The maximum atomic E-state index is 12.4. The van der Waals surface area contributed by atoms with Crippen LogP contribution in [0.3, 0.4) is 0 Å². The Morgan fingerprint density at radius 1 is 0.966 bits per heavy atom. The lowest BCUT2D eigenvalue weighted by molar-refractivity contribution is -0.120. The highest BCUT2D eigenvalue weighted by atomic mass is 35.5. The third-order valence-electron chi connectivity index (χ3n) is 3.95. The minimum atomic E-state index is -3.85. The number of anilines is 1. The van der Waals surface area contributed by atoms with Gasteiger partial charge in [0.15, 0.2) is 9.84 Å². The molecule has 11 heteroatoms. The van der Waals surface area contributed by atoms with Crippen LogP contribution in [0, 0.1) is 0 Å². The van der Waals surface area contributed by atoms with E-state index in [1.165, 1.54) is 30.3 Å². The summed E-state index contributed by atoms with van der Waals surface area (Å²) in [7, 11) is -6.98. The molecule has 2 rings (SSSR count). The van der Waals surface area contributed by atoms with Crippen LogP contribution >= 0.6 is 23.2 Å². The summed E-state index contributed by atoms with van der Waals surface area (Å²) in [5.41, 5.74) is 0.965. The molecule has 0 heterocycles. The molecule has 0 atom stereocenters. The van der Waals surface area contributed by atoms with Gasteiger partial charge in [-0.3, -0.25) is 9.52 Å². The number of rotatable bonds is 9. The van der Waals surface area contributed by atoms with Gasteiger partial charge in [0, 0.05) is 18.0 Å². The fraction of sp³-hybridized carbons (Fsp3) is 0.278. The van der Waals surface area contributed by atoms with Gasteiger partial charge in [-0.25, -0.2) is 16.8 Å². The number of sulfonamides is 1. The van der Waals surface area contributed by atoms with Crippen LogP contribution in [0.15, 0.2) is 47.4 Å². The zero-order valence-electron chi connectivity index (χ0n) is 15.5. The minimum Gasteiger partial charge on any atom is -0.355 e. The molecule has 1 amide bonds. The predicted molar refractivity (Wildman–Crippen MR) is 115 cm³/mol. The summed E-state index contributed by atoms with van der Waals surface area (Å²) in [6.45, 7) is 1.60. The van der Waals surface area contributed by atoms with E-state index in [9.17, 15) is 21.6 Å². The van der Waals surface area contributed by atoms with Crippen molar-refractivity contribution in [1.29, 1.82) is 0 Å². The van der Waals surface area contributed by atoms with E-state index in [1.54, 1.807) is 19.1 Å².